The molecule has 0 saturated heterocycles. The molecule has 3 aromatic carbocycles. The molecule has 0 aromatic heterocycles. The van der Waals surface area contributed by atoms with Gasteiger partial charge in [-0.25, -0.2) is 5.43 Å². The van der Waals surface area contributed by atoms with Crippen molar-refractivity contribution in [3.05, 3.63) is 105 Å². The van der Waals surface area contributed by atoms with Crippen LogP contribution in [0.3, 0.4) is 0 Å². The first kappa shape index (κ1) is 19.9. The zero-order valence-corrected chi connectivity index (χ0v) is 15.8. The lowest BCUT2D eigenvalue weighted by Crippen LogP contribution is -2.17. The van der Waals surface area contributed by atoms with Gasteiger partial charge in [-0.3, -0.25) is 19.9 Å². The fraction of sp³-hybridized carbons (Fsp3) is 0. The predicted molar refractivity (Wildman–Crippen MR) is 113 cm³/mol. The number of nitrogens with zero attached hydrogens (tertiary/aromatic N) is 3. The average molecular weight is 407 g/mol. The van der Waals surface area contributed by atoms with Crippen LogP contribution in [-0.2, 0) is 0 Å². The zero-order chi connectivity index (χ0) is 20.6. The molecule has 7 nitrogen and oxygen atoms in total. The van der Waals surface area contributed by atoms with Crippen LogP contribution in [0.2, 0.25) is 5.02 Å². The van der Waals surface area contributed by atoms with E-state index < -0.39 is 4.92 Å². The Balaban J connectivity index is 1.59. The number of hydrazone groups is 1. The number of amides is 1. The van der Waals surface area contributed by atoms with Crippen molar-refractivity contribution in [1.82, 2.24) is 5.43 Å². The molecule has 0 spiro atoms. The quantitative estimate of drug-likeness (QED) is 0.363. The minimum absolute atomic E-state index is 0.00754. The Kier molecular flexibility index (Phi) is 6.44. The summed E-state index contributed by atoms with van der Waals surface area (Å²) in [5, 5.41) is 15.3. The Hall–Kier alpha value is -3.84. The highest BCUT2D eigenvalue weighted by Gasteiger charge is 2.04. The minimum Gasteiger partial charge on any atom is -0.267 e. The number of halogens is 1. The van der Waals surface area contributed by atoms with Gasteiger partial charge in [0.05, 0.1) is 16.8 Å². The maximum Gasteiger partial charge on any atom is 0.271 e. The van der Waals surface area contributed by atoms with Gasteiger partial charge in [0.25, 0.3) is 11.6 Å². The van der Waals surface area contributed by atoms with Crippen molar-refractivity contribution in [2.24, 2.45) is 10.1 Å². The minimum atomic E-state index is -0.459. The van der Waals surface area contributed by atoms with Gasteiger partial charge < -0.3 is 0 Å². The molecule has 0 radical (unpaired) electrons. The Bertz CT molecular complexity index is 1080. The summed E-state index contributed by atoms with van der Waals surface area (Å²) in [6, 6.07) is 19.9. The second-order valence-electron chi connectivity index (χ2n) is 5.91. The van der Waals surface area contributed by atoms with Crippen molar-refractivity contribution >= 4 is 41.3 Å². The van der Waals surface area contributed by atoms with E-state index in [1.54, 1.807) is 42.6 Å². The number of carbonyl (C=O) groups is 1. The van der Waals surface area contributed by atoms with E-state index >= 15 is 0 Å². The maximum absolute atomic E-state index is 12.0. The van der Waals surface area contributed by atoms with E-state index in [1.807, 2.05) is 24.3 Å². The SMILES string of the molecule is O=C(NN=Cc1ccc(C=Nc2cccc([N+](=O)[O-])c2)cc1)c1ccc(Cl)cc1. The largest absolute Gasteiger partial charge is 0.271 e. The van der Waals surface area contributed by atoms with Crippen molar-refractivity contribution in [2.45, 2.75) is 0 Å². The van der Waals surface area contributed by atoms with Crippen LogP contribution in [-0.4, -0.2) is 23.3 Å². The Morgan fingerprint density at radius 2 is 1.62 bits per heavy atom. The molecule has 0 fully saturated rings. The van der Waals surface area contributed by atoms with Gasteiger partial charge >= 0.3 is 0 Å². The van der Waals surface area contributed by atoms with Crippen LogP contribution in [0.4, 0.5) is 11.4 Å². The van der Waals surface area contributed by atoms with Gasteiger partial charge in [0.1, 0.15) is 0 Å². The van der Waals surface area contributed by atoms with E-state index in [0.717, 1.165) is 11.1 Å². The molecule has 0 atom stereocenters. The standard InChI is InChI=1S/C21H15ClN4O3/c22-18-10-8-17(9-11-18)21(27)25-24-14-16-6-4-15(5-7-16)13-23-19-2-1-3-20(12-19)26(28)29/h1-14H,(H,25,27). The molecule has 0 heterocycles. The molecule has 0 unspecified atom stereocenters. The van der Waals surface area contributed by atoms with Crippen LogP contribution in [0.1, 0.15) is 21.5 Å². The fourth-order valence-electron chi connectivity index (χ4n) is 2.34. The number of benzene rings is 3. The molecule has 0 bridgehead atoms. The highest BCUT2D eigenvalue weighted by Crippen LogP contribution is 2.19. The van der Waals surface area contributed by atoms with Gasteiger partial charge in [-0.1, -0.05) is 41.9 Å². The number of aliphatic imine (C=N–C) groups is 1. The summed E-state index contributed by atoms with van der Waals surface area (Å²) in [4.78, 5) is 26.5. The van der Waals surface area contributed by atoms with Crippen LogP contribution >= 0.6 is 11.6 Å². The normalized spacial score (nSPS) is 11.1. The first-order chi connectivity index (χ1) is 14.0. The fourth-order valence-corrected chi connectivity index (χ4v) is 2.46. The third-order valence-corrected chi connectivity index (χ3v) is 4.08. The summed E-state index contributed by atoms with van der Waals surface area (Å²) in [6.45, 7) is 0. The highest BCUT2D eigenvalue weighted by atomic mass is 35.5. The van der Waals surface area contributed by atoms with Crippen LogP contribution in [0, 0.1) is 10.1 Å². The summed E-state index contributed by atoms with van der Waals surface area (Å²) >= 11 is 5.79. The van der Waals surface area contributed by atoms with E-state index in [1.165, 1.54) is 18.3 Å². The van der Waals surface area contributed by atoms with Crippen molar-refractivity contribution < 1.29 is 9.72 Å². The summed E-state index contributed by atoms with van der Waals surface area (Å²) in [6.07, 6.45) is 3.14. The third-order valence-electron chi connectivity index (χ3n) is 3.83. The second kappa shape index (κ2) is 9.38. The van der Waals surface area contributed by atoms with Gasteiger partial charge in [0.15, 0.2) is 0 Å². The molecular weight excluding hydrogens is 392 g/mol. The lowest BCUT2D eigenvalue weighted by atomic mass is 10.1. The summed E-state index contributed by atoms with van der Waals surface area (Å²) in [5.74, 6) is -0.335. The number of non-ortho nitro benzene ring substituents is 1. The van der Waals surface area contributed by atoms with E-state index in [4.69, 9.17) is 11.6 Å². The van der Waals surface area contributed by atoms with Gasteiger partial charge in [0.2, 0.25) is 0 Å². The van der Waals surface area contributed by atoms with Crippen LogP contribution in [0.15, 0.2) is 82.9 Å². The van der Waals surface area contributed by atoms with Crippen molar-refractivity contribution in [3.63, 3.8) is 0 Å². The smallest absolute Gasteiger partial charge is 0.267 e. The third kappa shape index (κ3) is 5.82. The molecule has 1 N–H and O–H groups in total. The van der Waals surface area contributed by atoms with Gasteiger partial charge in [-0.15, -0.1) is 0 Å². The summed E-state index contributed by atoms with van der Waals surface area (Å²) in [7, 11) is 0. The van der Waals surface area contributed by atoms with Crippen LogP contribution in [0.25, 0.3) is 0 Å². The van der Waals surface area contributed by atoms with Crippen LogP contribution < -0.4 is 5.43 Å². The molecule has 29 heavy (non-hydrogen) atoms. The lowest BCUT2D eigenvalue weighted by Gasteiger charge is -2.00. The maximum atomic E-state index is 12.0. The number of nitrogens with one attached hydrogen (secondary N) is 1. The molecule has 3 aromatic rings. The zero-order valence-electron chi connectivity index (χ0n) is 15.0. The van der Waals surface area contributed by atoms with E-state index in [2.05, 4.69) is 15.5 Å². The van der Waals surface area contributed by atoms with Gasteiger partial charge in [-0.05, 0) is 41.5 Å². The molecule has 0 aliphatic heterocycles. The van der Waals surface area contributed by atoms with E-state index in [9.17, 15) is 14.9 Å². The van der Waals surface area contributed by atoms with E-state index in [-0.39, 0.29) is 11.6 Å². The first-order valence-corrected chi connectivity index (χ1v) is 8.86. The number of carbonyl (C=O) groups excluding carboxylic acids is 1. The predicted octanol–water partition coefficient (Wildman–Crippen LogP) is 4.76. The number of rotatable bonds is 6. The molecule has 8 heteroatoms. The molecular formula is C21H15ClN4O3. The Labute approximate surface area is 171 Å². The average Bonchev–Trinajstić information content (AvgIpc) is 2.74. The molecule has 3 rings (SSSR count). The van der Waals surface area contributed by atoms with Crippen molar-refractivity contribution in [2.75, 3.05) is 0 Å². The topological polar surface area (TPSA) is 97.0 Å². The number of hydrogen-bond donors (Lipinski definition) is 1. The van der Waals surface area contributed by atoms with Gasteiger partial charge in [0, 0.05) is 28.9 Å². The Morgan fingerprint density at radius 1 is 0.966 bits per heavy atom. The van der Waals surface area contributed by atoms with Crippen LogP contribution in [0.5, 0.6) is 0 Å². The van der Waals surface area contributed by atoms with E-state index in [0.29, 0.717) is 16.3 Å². The first-order valence-electron chi connectivity index (χ1n) is 8.49. The highest BCUT2D eigenvalue weighted by molar-refractivity contribution is 6.30. The molecule has 0 aliphatic carbocycles. The molecule has 144 valence electrons. The van der Waals surface area contributed by atoms with Gasteiger partial charge in [-0.2, -0.15) is 5.10 Å². The molecule has 0 saturated carbocycles. The molecule has 0 aliphatic rings. The lowest BCUT2D eigenvalue weighted by molar-refractivity contribution is -0.384. The van der Waals surface area contributed by atoms with Crippen molar-refractivity contribution in [3.8, 4) is 0 Å². The Morgan fingerprint density at radius 3 is 2.28 bits per heavy atom. The monoisotopic (exact) mass is 406 g/mol. The number of nitro groups is 1. The summed E-state index contributed by atoms with van der Waals surface area (Å²) in [5.41, 5.74) is 5.00. The van der Waals surface area contributed by atoms with Crippen molar-refractivity contribution in [1.29, 1.82) is 0 Å². The number of hydrogen-bond acceptors (Lipinski definition) is 5. The summed E-state index contributed by atoms with van der Waals surface area (Å²) < 4.78 is 0. The molecule has 1 amide bonds. The second-order valence-corrected chi connectivity index (χ2v) is 6.34. The number of nitro benzene ring substituents is 1.